The number of amides is 1. The first-order valence-electron chi connectivity index (χ1n) is 10.3. The van der Waals surface area contributed by atoms with Gasteiger partial charge < -0.3 is 10.1 Å². The average Bonchev–Trinajstić information content (AvgIpc) is 3.36. The van der Waals surface area contributed by atoms with Crippen molar-refractivity contribution in [2.24, 2.45) is 0 Å². The van der Waals surface area contributed by atoms with Crippen LogP contribution in [0.2, 0.25) is 0 Å². The molecule has 0 spiro atoms. The van der Waals surface area contributed by atoms with Crippen LogP contribution in [-0.4, -0.2) is 28.8 Å². The van der Waals surface area contributed by atoms with E-state index in [0.29, 0.717) is 28.9 Å². The summed E-state index contributed by atoms with van der Waals surface area (Å²) < 4.78 is 6.57. The van der Waals surface area contributed by atoms with E-state index in [9.17, 15) is 9.59 Å². The number of hydrogen-bond acceptors (Lipinski definition) is 4. The molecule has 0 bridgehead atoms. The van der Waals surface area contributed by atoms with Gasteiger partial charge in [-0.1, -0.05) is 36.1 Å². The van der Waals surface area contributed by atoms with Crippen LogP contribution in [0, 0.1) is 11.8 Å². The molecular formula is C27H21N3O3. The van der Waals surface area contributed by atoms with Gasteiger partial charge in [0.15, 0.2) is 0 Å². The second-order valence-corrected chi connectivity index (χ2v) is 7.26. The molecule has 33 heavy (non-hydrogen) atoms. The third-order valence-electron chi connectivity index (χ3n) is 4.88. The third kappa shape index (κ3) is 5.75. The predicted octanol–water partition coefficient (Wildman–Crippen LogP) is 4.37. The van der Waals surface area contributed by atoms with Gasteiger partial charge in [-0.05, 0) is 60.2 Å². The number of rotatable bonds is 5. The molecule has 0 aliphatic carbocycles. The Bertz CT molecular complexity index is 1330. The molecule has 0 unspecified atom stereocenters. The highest BCUT2D eigenvalue weighted by Gasteiger charge is 2.07. The van der Waals surface area contributed by atoms with E-state index in [1.807, 2.05) is 53.3 Å². The first-order valence-corrected chi connectivity index (χ1v) is 10.3. The first kappa shape index (κ1) is 21.6. The Balaban J connectivity index is 1.43. The lowest BCUT2D eigenvalue weighted by molar-refractivity contribution is 0.0600. The zero-order chi connectivity index (χ0) is 23.0. The van der Waals surface area contributed by atoms with E-state index in [0.717, 1.165) is 11.1 Å². The molecule has 4 aromatic rings. The van der Waals surface area contributed by atoms with E-state index in [4.69, 9.17) is 4.74 Å². The number of nitrogens with one attached hydrogen (secondary N) is 1. The summed E-state index contributed by atoms with van der Waals surface area (Å²) in [5, 5.41) is 7.10. The maximum Gasteiger partial charge on any atom is 0.337 e. The topological polar surface area (TPSA) is 73.2 Å². The van der Waals surface area contributed by atoms with Crippen LogP contribution in [0.15, 0.2) is 91.3 Å². The van der Waals surface area contributed by atoms with Crippen LogP contribution in [0.4, 0.5) is 5.69 Å². The number of hydrogen-bond donors (Lipinski definition) is 1. The van der Waals surface area contributed by atoms with E-state index >= 15 is 0 Å². The summed E-state index contributed by atoms with van der Waals surface area (Å²) in [6, 6.07) is 23.6. The number of methoxy groups -OCH3 is 1. The van der Waals surface area contributed by atoms with Crippen LogP contribution in [0.3, 0.4) is 0 Å². The highest BCUT2D eigenvalue weighted by molar-refractivity contribution is 6.04. The van der Waals surface area contributed by atoms with Crippen molar-refractivity contribution in [2.75, 3.05) is 12.4 Å². The van der Waals surface area contributed by atoms with Crippen molar-refractivity contribution < 1.29 is 14.3 Å². The number of ether oxygens (including phenoxy) is 1. The van der Waals surface area contributed by atoms with Crippen LogP contribution < -0.4 is 5.32 Å². The standard InChI is InChI=1S/C27H21N3O3/c1-33-27(32)24-7-2-5-20(17-24)9-10-21-6-3-8-25(18-21)29-26(31)23-13-11-22(12-14-23)19-30-16-4-15-28-30/h2-8,11-18H,19H2,1H3,(H,29,31). The van der Waals surface area contributed by atoms with Crippen molar-refractivity contribution in [1.29, 1.82) is 0 Å². The molecule has 6 heteroatoms. The molecule has 6 nitrogen and oxygen atoms in total. The van der Waals surface area contributed by atoms with Crippen molar-refractivity contribution in [3.8, 4) is 11.8 Å². The number of benzene rings is 3. The molecule has 3 aromatic carbocycles. The Morgan fingerprint density at radius 1 is 0.909 bits per heavy atom. The maximum absolute atomic E-state index is 12.7. The zero-order valence-electron chi connectivity index (χ0n) is 18.0. The second-order valence-electron chi connectivity index (χ2n) is 7.26. The van der Waals surface area contributed by atoms with Gasteiger partial charge in [-0.15, -0.1) is 0 Å². The fourth-order valence-corrected chi connectivity index (χ4v) is 3.21. The summed E-state index contributed by atoms with van der Waals surface area (Å²) in [5.41, 5.74) is 4.16. The molecule has 0 aliphatic rings. The van der Waals surface area contributed by atoms with Crippen LogP contribution in [0.25, 0.3) is 0 Å². The predicted molar refractivity (Wildman–Crippen MR) is 126 cm³/mol. The van der Waals surface area contributed by atoms with Gasteiger partial charge in [0.25, 0.3) is 5.91 Å². The van der Waals surface area contributed by atoms with Crippen molar-refractivity contribution in [3.05, 3.63) is 119 Å². The molecule has 1 aromatic heterocycles. The smallest absolute Gasteiger partial charge is 0.337 e. The molecular weight excluding hydrogens is 414 g/mol. The highest BCUT2D eigenvalue weighted by Crippen LogP contribution is 2.13. The van der Waals surface area contributed by atoms with Crippen LogP contribution in [0.1, 0.15) is 37.4 Å². The van der Waals surface area contributed by atoms with E-state index in [1.54, 1.807) is 42.6 Å². The van der Waals surface area contributed by atoms with Gasteiger partial charge in [-0.2, -0.15) is 5.10 Å². The summed E-state index contributed by atoms with van der Waals surface area (Å²) in [5.74, 6) is 5.50. The molecule has 0 saturated heterocycles. The zero-order valence-corrected chi connectivity index (χ0v) is 18.0. The number of carbonyl (C=O) groups excluding carboxylic acids is 2. The van der Waals surface area contributed by atoms with E-state index < -0.39 is 5.97 Å². The van der Waals surface area contributed by atoms with Crippen molar-refractivity contribution >= 4 is 17.6 Å². The molecule has 1 heterocycles. The summed E-state index contributed by atoms with van der Waals surface area (Å²) in [4.78, 5) is 24.3. The first-order chi connectivity index (χ1) is 16.1. The normalized spacial score (nSPS) is 10.1. The Kier molecular flexibility index (Phi) is 6.62. The lowest BCUT2D eigenvalue weighted by Crippen LogP contribution is -2.12. The van der Waals surface area contributed by atoms with Gasteiger partial charge in [0.2, 0.25) is 0 Å². The fraction of sp³-hybridized carbons (Fsp3) is 0.0741. The molecule has 1 N–H and O–H groups in total. The van der Waals surface area contributed by atoms with Crippen LogP contribution in [0.5, 0.6) is 0 Å². The largest absolute Gasteiger partial charge is 0.465 e. The average molecular weight is 435 g/mol. The van der Waals surface area contributed by atoms with E-state index in [2.05, 4.69) is 22.3 Å². The summed E-state index contributed by atoms with van der Waals surface area (Å²) in [6.07, 6.45) is 3.63. The molecule has 0 aliphatic heterocycles. The molecule has 162 valence electrons. The quantitative estimate of drug-likeness (QED) is 0.373. The third-order valence-corrected chi connectivity index (χ3v) is 4.88. The Morgan fingerprint density at radius 3 is 2.33 bits per heavy atom. The maximum atomic E-state index is 12.7. The van der Waals surface area contributed by atoms with Gasteiger partial charge >= 0.3 is 5.97 Å². The Morgan fingerprint density at radius 2 is 1.64 bits per heavy atom. The monoisotopic (exact) mass is 435 g/mol. The van der Waals surface area contributed by atoms with Crippen molar-refractivity contribution in [1.82, 2.24) is 9.78 Å². The minimum absolute atomic E-state index is 0.198. The van der Waals surface area contributed by atoms with E-state index in [1.165, 1.54) is 7.11 Å². The lowest BCUT2D eigenvalue weighted by Gasteiger charge is -2.07. The van der Waals surface area contributed by atoms with Gasteiger partial charge in [0, 0.05) is 34.8 Å². The number of anilines is 1. The van der Waals surface area contributed by atoms with Crippen LogP contribution in [-0.2, 0) is 11.3 Å². The molecule has 0 atom stereocenters. The minimum Gasteiger partial charge on any atom is -0.465 e. The van der Waals surface area contributed by atoms with Gasteiger partial charge in [-0.3, -0.25) is 9.48 Å². The van der Waals surface area contributed by atoms with Crippen molar-refractivity contribution in [2.45, 2.75) is 6.54 Å². The molecule has 0 fully saturated rings. The number of aromatic nitrogens is 2. The number of carbonyl (C=O) groups is 2. The van der Waals surface area contributed by atoms with E-state index in [-0.39, 0.29) is 5.91 Å². The number of nitrogens with zero attached hydrogens (tertiary/aromatic N) is 2. The fourth-order valence-electron chi connectivity index (χ4n) is 3.21. The Hall–Kier alpha value is -4.63. The summed E-state index contributed by atoms with van der Waals surface area (Å²) >= 11 is 0. The van der Waals surface area contributed by atoms with Crippen LogP contribution >= 0.6 is 0 Å². The van der Waals surface area contributed by atoms with Crippen molar-refractivity contribution in [3.63, 3.8) is 0 Å². The minimum atomic E-state index is -0.405. The summed E-state index contributed by atoms with van der Waals surface area (Å²) in [6.45, 7) is 0.651. The summed E-state index contributed by atoms with van der Waals surface area (Å²) in [7, 11) is 1.34. The SMILES string of the molecule is COC(=O)c1cccc(C#Cc2cccc(NC(=O)c3ccc(Cn4cccn4)cc3)c2)c1. The van der Waals surface area contributed by atoms with Gasteiger partial charge in [0.05, 0.1) is 19.2 Å². The molecule has 4 rings (SSSR count). The Labute approximate surface area is 191 Å². The second kappa shape index (κ2) is 10.1. The molecule has 0 saturated carbocycles. The molecule has 0 radical (unpaired) electrons. The highest BCUT2D eigenvalue weighted by atomic mass is 16.5. The van der Waals surface area contributed by atoms with Gasteiger partial charge in [0.1, 0.15) is 0 Å². The number of esters is 1. The molecule has 1 amide bonds. The van der Waals surface area contributed by atoms with Gasteiger partial charge in [-0.25, -0.2) is 4.79 Å². The lowest BCUT2D eigenvalue weighted by atomic mass is 10.1.